The molecule has 14 heavy (non-hydrogen) atoms. The largest absolute Gasteiger partial charge is 0.495 e. The van der Waals surface area contributed by atoms with E-state index in [1.165, 1.54) is 6.42 Å². The van der Waals surface area contributed by atoms with Crippen LogP contribution in [0.2, 0.25) is 0 Å². The van der Waals surface area contributed by atoms with Gasteiger partial charge < -0.3 is 9.84 Å². The van der Waals surface area contributed by atoms with Gasteiger partial charge in [-0.25, -0.2) is 0 Å². The maximum Gasteiger partial charge on any atom is 0.124 e. The monoisotopic (exact) mass is 196 g/mol. The molecule has 2 rings (SSSR count). The molecule has 1 aliphatic carbocycles. The lowest BCUT2D eigenvalue weighted by molar-refractivity contribution is -0.0389. The summed E-state index contributed by atoms with van der Waals surface area (Å²) in [5, 5.41) is 10.5. The van der Waals surface area contributed by atoms with Crippen molar-refractivity contribution in [2.24, 2.45) is 11.8 Å². The maximum absolute atomic E-state index is 10.5. The van der Waals surface area contributed by atoms with E-state index >= 15 is 0 Å². The summed E-state index contributed by atoms with van der Waals surface area (Å²) in [5.41, 5.74) is -0.659. The molecule has 1 saturated carbocycles. The van der Waals surface area contributed by atoms with Gasteiger partial charge in [-0.15, -0.1) is 0 Å². The van der Waals surface area contributed by atoms with Gasteiger partial charge in [0.1, 0.15) is 11.4 Å². The molecule has 0 aromatic carbocycles. The summed E-state index contributed by atoms with van der Waals surface area (Å²) in [6.45, 7) is 5.19. The van der Waals surface area contributed by atoms with Crippen molar-refractivity contribution in [3.05, 3.63) is 11.8 Å². The van der Waals surface area contributed by atoms with Crippen molar-refractivity contribution in [2.75, 3.05) is 6.61 Å². The van der Waals surface area contributed by atoms with Gasteiger partial charge in [0.25, 0.3) is 0 Å². The van der Waals surface area contributed by atoms with E-state index in [1.807, 2.05) is 0 Å². The van der Waals surface area contributed by atoms with Crippen LogP contribution in [0, 0.1) is 11.8 Å². The minimum absolute atomic E-state index is 0.605. The third-order valence-electron chi connectivity index (χ3n) is 3.34. The van der Waals surface area contributed by atoms with E-state index in [4.69, 9.17) is 4.74 Å². The minimum Gasteiger partial charge on any atom is -0.495 e. The second-order valence-corrected chi connectivity index (χ2v) is 5.09. The van der Waals surface area contributed by atoms with Gasteiger partial charge in [-0.3, -0.25) is 0 Å². The first-order chi connectivity index (χ1) is 6.60. The first-order valence-corrected chi connectivity index (χ1v) is 5.66. The summed E-state index contributed by atoms with van der Waals surface area (Å²) < 4.78 is 5.50. The fraction of sp³-hybridized carbons (Fsp3) is 0.833. The molecule has 2 heteroatoms. The Morgan fingerprint density at radius 1 is 1.36 bits per heavy atom. The van der Waals surface area contributed by atoms with Crippen molar-refractivity contribution in [3.63, 3.8) is 0 Å². The van der Waals surface area contributed by atoms with Crippen molar-refractivity contribution in [1.82, 2.24) is 0 Å². The van der Waals surface area contributed by atoms with Crippen LogP contribution < -0.4 is 0 Å². The molecule has 1 aliphatic heterocycles. The lowest BCUT2D eigenvalue weighted by Gasteiger charge is -2.39. The predicted molar refractivity (Wildman–Crippen MR) is 55.8 cm³/mol. The van der Waals surface area contributed by atoms with Gasteiger partial charge in [0.05, 0.1) is 6.61 Å². The first-order valence-electron chi connectivity index (χ1n) is 5.66. The SMILES string of the molecule is CC1CC(C)CC(O)(C2=CCCO2)C1. The van der Waals surface area contributed by atoms with Crippen LogP contribution in [0.5, 0.6) is 0 Å². The lowest BCUT2D eigenvalue weighted by Crippen LogP contribution is -2.39. The van der Waals surface area contributed by atoms with Gasteiger partial charge >= 0.3 is 0 Å². The van der Waals surface area contributed by atoms with Crippen molar-refractivity contribution in [1.29, 1.82) is 0 Å². The molecule has 1 N–H and O–H groups in total. The molecule has 1 heterocycles. The van der Waals surface area contributed by atoms with Crippen molar-refractivity contribution < 1.29 is 9.84 Å². The number of aliphatic hydroxyl groups is 1. The van der Waals surface area contributed by atoms with Gasteiger partial charge in [0, 0.05) is 6.42 Å². The van der Waals surface area contributed by atoms with Gasteiger partial charge in [-0.2, -0.15) is 0 Å². The molecular formula is C12H20O2. The Hall–Kier alpha value is -0.500. The zero-order valence-electron chi connectivity index (χ0n) is 9.12. The molecule has 0 aromatic rings. The van der Waals surface area contributed by atoms with E-state index in [2.05, 4.69) is 19.9 Å². The molecular weight excluding hydrogens is 176 g/mol. The average molecular weight is 196 g/mol. The Morgan fingerprint density at radius 2 is 2.00 bits per heavy atom. The van der Waals surface area contributed by atoms with Crippen molar-refractivity contribution >= 4 is 0 Å². The lowest BCUT2D eigenvalue weighted by atomic mass is 9.73. The molecule has 0 amide bonds. The van der Waals surface area contributed by atoms with Crippen LogP contribution in [-0.2, 0) is 4.74 Å². The number of ether oxygens (including phenoxy) is 1. The predicted octanol–water partition coefficient (Wildman–Crippen LogP) is 2.48. The van der Waals surface area contributed by atoms with Crippen LogP contribution in [-0.4, -0.2) is 17.3 Å². The summed E-state index contributed by atoms with van der Waals surface area (Å²) in [5.74, 6) is 2.05. The zero-order chi connectivity index (χ0) is 10.2. The highest BCUT2D eigenvalue weighted by Gasteiger charge is 2.41. The zero-order valence-corrected chi connectivity index (χ0v) is 9.12. The van der Waals surface area contributed by atoms with E-state index in [0.717, 1.165) is 31.6 Å². The summed E-state index contributed by atoms with van der Waals surface area (Å²) in [7, 11) is 0. The Morgan fingerprint density at radius 3 is 2.50 bits per heavy atom. The highest BCUT2D eigenvalue weighted by Crippen LogP contribution is 2.41. The number of hydrogen-bond donors (Lipinski definition) is 1. The normalized spacial score (nSPS) is 43.2. The third kappa shape index (κ3) is 1.81. The quantitative estimate of drug-likeness (QED) is 0.698. The summed E-state index contributed by atoms with van der Waals surface area (Å²) in [6.07, 6.45) is 5.98. The van der Waals surface area contributed by atoms with E-state index < -0.39 is 5.60 Å². The fourth-order valence-electron chi connectivity index (χ4n) is 3.03. The molecule has 2 nitrogen and oxygen atoms in total. The molecule has 2 aliphatic rings. The summed E-state index contributed by atoms with van der Waals surface area (Å²) in [4.78, 5) is 0. The molecule has 1 fully saturated rings. The highest BCUT2D eigenvalue weighted by atomic mass is 16.5. The second-order valence-electron chi connectivity index (χ2n) is 5.09. The van der Waals surface area contributed by atoms with Gasteiger partial charge in [0.15, 0.2) is 0 Å². The molecule has 2 atom stereocenters. The van der Waals surface area contributed by atoms with Gasteiger partial charge in [-0.1, -0.05) is 13.8 Å². The van der Waals surface area contributed by atoms with Crippen LogP contribution in [0.3, 0.4) is 0 Å². The Balaban J connectivity index is 2.13. The van der Waals surface area contributed by atoms with E-state index in [9.17, 15) is 5.11 Å². The Bertz CT molecular complexity index is 235. The van der Waals surface area contributed by atoms with Gasteiger partial charge in [-0.05, 0) is 37.2 Å². The fourth-order valence-corrected chi connectivity index (χ4v) is 3.03. The average Bonchev–Trinajstić information content (AvgIpc) is 2.52. The smallest absolute Gasteiger partial charge is 0.124 e. The van der Waals surface area contributed by atoms with Crippen LogP contribution in [0.1, 0.15) is 39.5 Å². The van der Waals surface area contributed by atoms with E-state index in [0.29, 0.717) is 11.8 Å². The van der Waals surface area contributed by atoms with Crippen LogP contribution in [0.4, 0.5) is 0 Å². The third-order valence-corrected chi connectivity index (χ3v) is 3.34. The second kappa shape index (κ2) is 3.58. The minimum atomic E-state index is -0.659. The standard InChI is InChI=1S/C12H20O2/c1-9-6-10(2)8-12(13,7-9)11-4-3-5-14-11/h4,9-10,13H,3,5-8H2,1-2H3. The van der Waals surface area contributed by atoms with Crippen LogP contribution in [0.25, 0.3) is 0 Å². The van der Waals surface area contributed by atoms with E-state index in [1.54, 1.807) is 0 Å². The molecule has 0 spiro atoms. The summed E-state index contributed by atoms with van der Waals surface area (Å²) in [6, 6.07) is 0. The molecule has 0 aromatic heterocycles. The van der Waals surface area contributed by atoms with Crippen molar-refractivity contribution in [2.45, 2.75) is 45.1 Å². The highest BCUT2D eigenvalue weighted by molar-refractivity contribution is 5.15. The van der Waals surface area contributed by atoms with E-state index in [-0.39, 0.29) is 0 Å². The molecule has 0 bridgehead atoms. The Labute approximate surface area is 86.0 Å². The summed E-state index contributed by atoms with van der Waals surface area (Å²) >= 11 is 0. The first kappa shape index (κ1) is 10.0. The molecule has 2 unspecified atom stereocenters. The Kier molecular flexibility index (Phi) is 2.56. The van der Waals surface area contributed by atoms with Crippen LogP contribution >= 0.6 is 0 Å². The maximum atomic E-state index is 10.5. The number of rotatable bonds is 1. The van der Waals surface area contributed by atoms with Crippen molar-refractivity contribution in [3.8, 4) is 0 Å². The number of hydrogen-bond acceptors (Lipinski definition) is 2. The topological polar surface area (TPSA) is 29.5 Å². The molecule has 0 radical (unpaired) electrons. The molecule has 80 valence electrons. The van der Waals surface area contributed by atoms with Crippen LogP contribution in [0.15, 0.2) is 11.8 Å². The molecule has 0 saturated heterocycles. The van der Waals surface area contributed by atoms with Gasteiger partial charge in [0.2, 0.25) is 0 Å².